The number of halogens is 1. The summed E-state index contributed by atoms with van der Waals surface area (Å²) in [5.41, 5.74) is 0.568. The number of nitrogens with one attached hydrogen (secondary N) is 1. The molecule has 2 rings (SSSR count). The Morgan fingerprint density at radius 2 is 2.35 bits per heavy atom. The Labute approximate surface area is 127 Å². The molecule has 1 aliphatic rings. The lowest BCUT2D eigenvalue weighted by molar-refractivity contribution is 0.147. The maximum absolute atomic E-state index is 12.4. The average molecular weight is 344 g/mol. The third-order valence-corrected chi connectivity index (χ3v) is 4.23. The van der Waals surface area contributed by atoms with Gasteiger partial charge in [-0.15, -0.1) is 0 Å². The lowest BCUT2D eigenvalue weighted by Gasteiger charge is -2.25. The fraction of sp³-hybridized carbons (Fsp3) is 0.714. The quantitative estimate of drug-likeness (QED) is 0.737. The van der Waals surface area contributed by atoms with Crippen molar-refractivity contribution >= 4 is 21.6 Å². The van der Waals surface area contributed by atoms with Crippen LogP contribution in [0.3, 0.4) is 0 Å². The Hall–Kier alpha value is -0.880. The summed E-state index contributed by atoms with van der Waals surface area (Å²) in [5, 5.41) is 7.40. The van der Waals surface area contributed by atoms with Crippen molar-refractivity contribution in [3.8, 4) is 0 Å². The molecule has 0 amide bonds. The van der Waals surface area contributed by atoms with E-state index in [9.17, 15) is 4.79 Å². The van der Waals surface area contributed by atoms with Gasteiger partial charge in [0.1, 0.15) is 5.69 Å². The van der Waals surface area contributed by atoms with Crippen LogP contribution in [0.15, 0.2) is 15.5 Å². The van der Waals surface area contributed by atoms with Crippen LogP contribution in [0.25, 0.3) is 0 Å². The van der Waals surface area contributed by atoms with Gasteiger partial charge in [0, 0.05) is 26.3 Å². The van der Waals surface area contributed by atoms with Crippen LogP contribution >= 0.6 is 15.9 Å². The second kappa shape index (κ2) is 7.78. The second-order valence-corrected chi connectivity index (χ2v) is 5.98. The number of aromatic nitrogens is 2. The molecule has 1 heterocycles. The molecule has 1 fully saturated rings. The molecule has 1 aromatic rings. The van der Waals surface area contributed by atoms with Crippen molar-refractivity contribution < 1.29 is 4.74 Å². The number of hydrogen-bond donors (Lipinski definition) is 1. The van der Waals surface area contributed by atoms with Crippen LogP contribution in [0.5, 0.6) is 0 Å². The molecule has 0 aliphatic heterocycles. The van der Waals surface area contributed by atoms with Crippen LogP contribution in [-0.2, 0) is 11.3 Å². The lowest BCUT2D eigenvalue weighted by Crippen LogP contribution is -2.31. The monoisotopic (exact) mass is 343 g/mol. The van der Waals surface area contributed by atoms with Crippen molar-refractivity contribution in [1.82, 2.24) is 9.78 Å². The van der Waals surface area contributed by atoms with E-state index in [1.165, 1.54) is 19.3 Å². The van der Waals surface area contributed by atoms with Gasteiger partial charge in [0.25, 0.3) is 5.56 Å². The van der Waals surface area contributed by atoms with Gasteiger partial charge in [-0.3, -0.25) is 4.79 Å². The SMILES string of the molecule is CCOCCCNc1c(Br)cnn(CC2CCC2)c1=O. The maximum Gasteiger partial charge on any atom is 0.291 e. The molecule has 1 aliphatic carbocycles. The number of rotatable bonds is 8. The van der Waals surface area contributed by atoms with Crippen LogP contribution < -0.4 is 10.9 Å². The summed E-state index contributed by atoms with van der Waals surface area (Å²) in [6.07, 6.45) is 6.27. The van der Waals surface area contributed by atoms with Gasteiger partial charge in [0.05, 0.1) is 10.7 Å². The van der Waals surface area contributed by atoms with Crippen molar-refractivity contribution in [3.63, 3.8) is 0 Å². The van der Waals surface area contributed by atoms with Crippen LogP contribution in [-0.4, -0.2) is 29.5 Å². The lowest BCUT2D eigenvalue weighted by atomic mass is 9.85. The zero-order chi connectivity index (χ0) is 14.4. The molecule has 0 radical (unpaired) electrons. The Kier molecular flexibility index (Phi) is 6.04. The molecule has 0 spiro atoms. The largest absolute Gasteiger partial charge is 0.382 e. The van der Waals surface area contributed by atoms with Crippen molar-refractivity contribution in [3.05, 3.63) is 21.0 Å². The Balaban J connectivity index is 1.95. The van der Waals surface area contributed by atoms with Gasteiger partial charge in [-0.25, -0.2) is 4.68 Å². The van der Waals surface area contributed by atoms with E-state index in [-0.39, 0.29) is 5.56 Å². The minimum Gasteiger partial charge on any atom is -0.382 e. The van der Waals surface area contributed by atoms with E-state index in [2.05, 4.69) is 26.3 Å². The van der Waals surface area contributed by atoms with E-state index >= 15 is 0 Å². The van der Waals surface area contributed by atoms with Gasteiger partial charge >= 0.3 is 0 Å². The molecule has 0 aromatic carbocycles. The first-order chi connectivity index (χ1) is 9.72. The first-order valence-electron chi connectivity index (χ1n) is 7.29. The van der Waals surface area contributed by atoms with Crippen molar-refractivity contribution in [1.29, 1.82) is 0 Å². The molecule has 5 nitrogen and oxygen atoms in total. The minimum absolute atomic E-state index is 0.0392. The summed E-state index contributed by atoms with van der Waals surface area (Å²) in [4.78, 5) is 12.4. The third-order valence-electron chi connectivity index (χ3n) is 3.62. The van der Waals surface area contributed by atoms with Gasteiger partial charge in [-0.1, -0.05) is 6.42 Å². The third kappa shape index (κ3) is 4.06. The number of hydrogen-bond acceptors (Lipinski definition) is 4. The first kappa shape index (κ1) is 15.5. The van der Waals surface area contributed by atoms with Crippen molar-refractivity contribution in [2.24, 2.45) is 5.92 Å². The van der Waals surface area contributed by atoms with Crippen LogP contribution in [0, 0.1) is 5.92 Å². The summed E-state index contributed by atoms with van der Waals surface area (Å²) in [6, 6.07) is 0. The molecular formula is C14H22BrN3O2. The molecule has 0 bridgehead atoms. The highest BCUT2D eigenvalue weighted by atomic mass is 79.9. The van der Waals surface area contributed by atoms with Crippen LogP contribution in [0.1, 0.15) is 32.6 Å². The Morgan fingerprint density at radius 3 is 3.00 bits per heavy atom. The highest BCUT2D eigenvalue weighted by Crippen LogP contribution is 2.27. The smallest absolute Gasteiger partial charge is 0.291 e. The summed E-state index contributed by atoms with van der Waals surface area (Å²) in [6.45, 7) is 4.88. The molecule has 112 valence electrons. The van der Waals surface area contributed by atoms with Gasteiger partial charge in [-0.2, -0.15) is 5.10 Å². The second-order valence-electron chi connectivity index (χ2n) is 5.13. The fourth-order valence-electron chi connectivity index (χ4n) is 2.21. The van der Waals surface area contributed by atoms with Gasteiger partial charge < -0.3 is 10.1 Å². The predicted molar refractivity (Wildman–Crippen MR) is 83.1 cm³/mol. The fourth-order valence-corrected chi connectivity index (χ4v) is 2.61. The highest BCUT2D eigenvalue weighted by molar-refractivity contribution is 9.10. The zero-order valence-electron chi connectivity index (χ0n) is 11.9. The van der Waals surface area contributed by atoms with Gasteiger partial charge in [0.15, 0.2) is 0 Å². The summed E-state index contributed by atoms with van der Waals surface area (Å²) in [5.74, 6) is 0.618. The molecule has 0 saturated heterocycles. The predicted octanol–water partition coefficient (Wildman–Crippen LogP) is 2.64. The van der Waals surface area contributed by atoms with E-state index in [1.54, 1.807) is 10.9 Å². The van der Waals surface area contributed by atoms with E-state index < -0.39 is 0 Å². The number of anilines is 1. The van der Waals surface area contributed by atoms with E-state index in [1.807, 2.05) is 6.92 Å². The van der Waals surface area contributed by atoms with Gasteiger partial charge in [0.2, 0.25) is 0 Å². The molecular weight excluding hydrogens is 322 g/mol. The number of ether oxygens (including phenoxy) is 1. The molecule has 1 saturated carbocycles. The van der Waals surface area contributed by atoms with E-state index in [0.29, 0.717) is 18.2 Å². The Bertz CT molecular complexity index is 486. The minimum atomic E-state index is -0.0392. The summed E-state index contributed by atoms with van der Waals surface area (Å²) >= 11 is 3.39. The molecule has 0 atom stereocenters. The van der Waals surface area contributed by atoms with Gasteiger partial charge in [-0.05, 0) is 48.0 Å². The summed E-state index contributed by atoms with van der Waals surface area (Å²) < 4.78 is 7.59. The molecule has 1 aromatic heterocycles. The van der Waals surface area contributed by atoms with Crippen LogP contribution in [0.4, 0.5) is 5.69 Å². The van der Waals surface area contributed by atoms with E-state index in [0.717, 1.165) is 30.6 Å². The van der Waals surface area contributed by atoms with Crippen molar-refractivity contribution in [2.45, 2.75) is 39.2 Å². The molecule has 0 unspecified atom stereocenters. The molecule has 6 heteroatoms. The zero-order valence-corrected chi connectivity index (χ0v) is 13.5. The van der Waals surface area contributed by atoms with Crippen LogP contribution in [0.2, 0.25) is 0 Å². The maximum atomic E-state index is 12.4. The first-order valence-corrected chi connectivity index (χ1v) is 8.09. The standard InChI is InChI=1S/C14H22BrN3O2/c1-2-20-8-4-7-16-13-12(15)9-17-18(14(13)19)10-11-5-3-6-11/h9,11,16H,2-8,10H2,1H3. The normalized spacial score (nSPS) is 15.1. The average Bonchev–Trinajstić information content (AvgIpc) is 2.39. The molecule has 20 heavy (non-hydrogen) atoms. The molecule has 1 N–H and O–H groups in total. The number of nitrogens with zero attached hydrogens (tertiary/aromatic N) is 2. The topological polar surface area (TPSA) is 56.1 Å². The summed E-state index contributed by atoms with van der Waals surface area (Å²) in [7, 11) is 0. The highest BCUT2D eigenvalue weighted by Gasteiger charge is 2.20. The van der Waals surface area contributed by atoms with E-state index in [4.69, 9.17) is 4.74 Å². The Morgan fingerprint density at radius 1 is 1.55 bits per heavy atom. The van der Waals surface area contributed by atoms with Crippen molar-refractivity contribution in [2.75, 3.05) is 25.1 Å².